The lowest BCUT2D eigenvalue weighted by Gasteiger charge is -2.02. The maximum Gasteiger partial charge on any atom is 0.226 e. The molecule has 0 aromatic carbocycles. The van der Waals surface area contributed by atoms with E-state index < -0.39 is 0 Å². The van der Waals surface area contributed by atoms with Gasteiger partial charge in [0.25, 0.3) is 0 Å². The molecule has 0 atom stereocenters. The van der Waals surface area contributed by atoms with Gasteiger partial charge in [0.1, 0.15) is 5.65 Å². The number of hydrogen-bond acceptors (Lipinski definition) is 3. The molecule has 1 N–H and O–H groups in total. The van der Waals surface area contributed by atoms with Crippen LogP contribution in [-0.2, 0) is 17.8 Å². The molecular weight excluding hydrogens is 288 g/mol. The van der Waals surface area contributed by atoms with Crippen molar-refractivity contribution in [1.29, 1.82) is 0 Å². The summed E-state index contributed by atoms with van der Waals surface area (Å²) in [5.41, 5.74) is 2.30. The Balaban J connectivity index is 1.63. The molecule has 1 amide bonds. The highest BCUT2D eigenvalue weighted by molar-refractivity contribution is 6.30. The molecule has 0 aliphatic rings. The molecule has 3 aromatic rings. The van der Waals surface area contributed by atoms with Crippen LogP contribution < -0.4 is 5.32 Å². The number of hydrogen-bond donors (Lipinski definition) is 1. The van der Waals surface area contributed by atoms with Crippen LogP contribution in [0.5, 0.6) is 0 Å². The monoisotopic (exact) mass is 300 g/mol. The van der Waals surface area contributed by atoms with Crippen molar-refractivity contribution in [1.82, 2.24) is 19.7 Å². The van der Waals surface area contributed by atoms with Gasteiger partial charge in [-0.05, 0) is 24.3 Å². The maximum absolute atomic E-state index is 11.9. The van der Waals surface area contributed by atoms with Gasteiger partial charge in [-0.15, -0.1) is 0 Å². The Kier molecular flexibility index (Phi) is 3.83. The summed E-state index contributed by atoms with van der Waals surface area (Å²) in [5.74, 6) is -0.0878. The quantitative estimate of drug-likeness (QED) is 0.804. The minimum Gasteiger partial charge on any atom is -0.350 e. The summed E-state index contributed by atoms with van der Waals surface area (Å²) in [7, 11) is 0. The molecule has 0 spiro atoms. The Labute approximate surface area is 126 Å². The Morgan fingerprint density at radius 1 is 1.19 bits per heavy atom. The predicted molar refractivity (Wildman–Crippen MR) is 80.0 cm³/mol. The summed E-state index contributed by atoms with van der Waals surface area (Å²) < 4.78 is 1.81. The lowest BCUT2D eigenvalue weighted by molar-refractivity contribution is -0.120. The Morgan fingerprint density at radius 2 is 2.10 bits per heavy atom. The number of amides is 1. The zero-order chi connectivity index (χ0) is 14.7. The van der Waals surface area contributed by atoms with Crippen molar-refractivity contribution in [2.24, 2.45) is 0 Å². The molecule has 5 nitrogen and oxygen atoms in total. The summed E-state index contributed by atoms with van der Waals surface area (Å²) in [4.78, 5) is 20.4. The first-order valence-corrected chi connectivity index (χ1v) is 6.88. The van der Waals surface area contributed by atoms with Crippen LogP contribution in [0.15, 0.2) is 48.9 Å². The van der Waals surface area contributed by atoms with E-state index >= 15 is 0 Å². The zero-order valence-corrected chi connectivity index (χ0v) is 11.9. The fraction of sp³-hybridized carbons (Fsp3) is 0.133. The number of halogens is 1. The maximum atomic E-state index is 11.9. The summed E-state index contributed by atoms with van der Waals surface area (Å²) in [6.07, 6.45) is 5.50. The molecular formula is C15H13ClN4O. The molecule has 0 bridgehead atoms. The van der Waals surface area contributed by atoms with E-state index in [2.05, 4.69) is 15.3 Å². The van der Waals surface area contributed by atoms with Crippen molar-refractivity contribution in [2.75, 3.05) is 0 Å². The Morgan fingerprint density at radius 3 is 2.90 bits per heavy atom. The van der Waals surface area contributed by atoms with Gasteiger partial charge in [0.15, 0.2) is 0 Å². The minimum absolute atomic E-state index is 0.0878. The summed E-state index contributed by atoms with van der Waals surface area (Å²) >= 11 is 5.92. The number of carbonyl (C=O) groups is 1. The van der Waals surface area contributed by atoms with Crippen LogP contribution in [0.1, 0.15) is 11.4 Å². The summed E-state index contributed by atoms with van der Waals surface area (Å²) in [6, 6.07) is 9.19. The second-order valence-electron chi connectivity index (χ2n) is 4.62. The average molecular weight is 301 g/mol. The number of imidazole rings is 1. The molecule has 0 aliphatic heterocycles. The van der Waals surface area contributed by atoms with E-state index in [1.54, 1.807) is 18.5 Å². The van der Waals surface area contributed by atoms with Crippen LogP contribution in [-0.4, -0.2) is 20.3 Å². The second-order valence-corrected chi connectivity index (χ2v) is 5.06. The smallest absolute Gasteiger partial charge is 0.226 e. The van der Waals surface area contributed by atoms with E-state index in [4.69, 9.17) is 11.6 Å². The highest BCUT2D eigenvalue weighted by Crippen LogP contribution is 2.12. The highest BCUT2D eigenvalue weighted by Gasteiger charge is 2.08. The third-order valence-corrected chi connectivity index (χ3v) is 3.22. The van der Waals surface area contributed by atoms with Gasteiger partial charge >= 0.3 is 0 Å². The van der Waals surface area contributed by atoms with Crippen molar-refractivity contribution in [2.45, 2.75) is 13.0 Å². The van der Waals surface area contributed by atoms with Crippen molar-refractivity contribution >= 4 is 23.2 Å². The largest absolute Gasteiger partial charge is 0.350 e. The van der Waals surface area contributed by atoms with E-state index in [1.807, 2.05) is 34.9 Å². The molecule has 0 fully saturated rings. The lowest BCUT2D eigenvalue weighted by atomic mass is 10.3. The minimum atomic E-state index is -0.0878. The van der Waals surface area contributed by atoms with E-state index in [0.717, 1.165) is 11.3 Å². The second kappa shape index (κ2) is 5.93. The Bertz CT molecular complexity index is 770. The van der Waals surface area contributed by atoms with Crippen molar-refractivity contribution < 1.29 is 4.79 Å². The number of carbonyl (C=O) groups excluding carboxylic acids is 1. The number of fused-ring (bicyclic) bond motifs is 1. The van der Waals surface area contributed by atoms with Crippen LogP contribution in [0.3, 0.4) is 0 Å². The molecule has 3 heterocycles. The predicted octanol–water partition coefficient (Wildman–Crippen LogP) is 2.24. The lowest BCUT2D eigenvalue weighted by Crippen LogP contribution is -2.25. The van der Waals surface area contributed by atoms with Gasteiger partial charge in [0.05, 0.1) is 29.4 Å². The van der Waals surface area contributed by atoms with E-state index in [1.165, 1.54) is 0 Å². The molecule has 106 valence electrons. The third-order valence-electron chi connectivity index (χ3n) is 3.00. The third kappa shape index (κ3) is 3.38. The van der Waals surface area contributed by atoms with Gasteiger partial charge in [-0.2, -0.15) is 0 Å². The van der Waals surface area contributed by atoms with Gasteiger partial charge in [-0.25, -0.2) is 4.98 Å². The van der Waals surface area contributed by atoms with Gasteiger partial charge in [0, 0.05) is 18.6 Å². The molecule has 0 radical (unpaired) electrons. The number of nitrogens with one attached hydrogen (secondary N) is 1. The first-order valence-electron chi connectivity index (χ1n) is 6.50. The van der Waals surface area contributed by atoms with Crippen molar-refractivity contribution in [3.8, 4) is 0 Å². The van der Waals surface area contributed by atoms with Crippen molar-refractivity contribution in [3.63, 3.8) is 0 Å². The normalized spacial score (nSPS) is 10.7. The summed E-state index contributed by atoms with van der Waals surface area (Å²) in [6.45, 7) is 0.416. The van der Waals surface area contributed by atoms with E-state index in [9.17, 15) is 4.79 Å². The van der Waals surface area contributed by atoms with Gasteiger partial charge in [0.2, 0.25) is 5.91 Å². The molecule has 3 rings (SSSR count). The number of aromatic nitrogens is 3. The van der Waals surface area contributed by atoms with Crippen LogP contribution in [0, 0.1) is 0 Å². The standard InChI is InChI=1S/C15H13ClN4O/c16-11-4-5-14-19-13(10-20(14)9-11)7-15(21)18-8-12-3-1-2-6-17-12/h1-6,9-10H,7-8H2,(H,18,21). The average Bonchev–Trinajstić information content (AvgIpc) is 2.87. The molecule has 0 aliphatic carbocycles. The van der Waals surface area contributed by atoms with Crippen LogP contribution in [0.2, 0.25) is 5.02 Å². The van der Waals surface area contributed by atoms with Crippen LogP contribution in [0.25, 0.3) is 5.65 Å². The van der Waals surface area contributed by atoms with Crippen molar-refractivity contribution in [3.05, 3.63) is 65.3 Å². The van der Waals surface area contributed by atoms with Gasteiger partial charge in [-0.3, -0.25) is 9.78 Å². The SMILES string of the molecule is O=C(Cc1cn2cc(Cl)ccc2n1)NCc1ccccn1. The van der Waals surface area contributed by atoms with Crippen LogP contribution in [0.4, 0.5) is 0 Å². The first-order chi connectivity index (χ1) is 10.2. The Hall–Kier alpha value is -2.40. The molecule has 21 heavy (non-hydrogen) atoms. The van der Waals surface area contributed by atoms with Gasteiger partial charge in [-0.1, -0.05) is 17.7 Å². The fourth-order valence-electron chi connectivity index (χ4n) is 2.02. The topological polar surface area (TPSA) is 59.3 Å². The molecule has 0 saturated heterocycles. The number of rotatable bonds is 4. The molecule has 3 aromatic heterocycles. The summed E-state index contributed by atoms with van der Waals surface area (Å²) in [5, 5.41) is 3.46. The van der Waals surface area contributed by atoms with Gasteiger partial charge < -0.3 is 9.72 Å². The van der Waals surface area contributed by atoms with Crippen LogP contribution >= 0.6 is 11.6 Å². The fourth-order valence-corrected chi connectivity index (χ4v) is 2.19. The first kappa shape index (κ1) is 13.6. The molecule has 0 saturated carbocycles. The highest BCUT2D eigenvalue weighted by atomic mass is 35.5. The number of pyridine rings is 2. The zero-order valence-electron chi connectivity index (χ0n) is 11.2. The molecule has 0 unspecified atom stereocenters. The van der Waals surface area contributed by atoms with E-state index in [-0.39, 0.29) is 12.3 Å². The van der Waals surface area contributed by atoms with E-state index in [0.29, 0.717) is 17.3 Å². The number of nitrogens with zero attached hydrogens (tertiary/aromatic N) is 3. The molecule has 6 heteroatoms.